The average Bonchev–Trinajstić information content (AvgIpc) is 2.70. The van der Waals surface area contributed by atoms with Crippen LogP contribution in [0.2, 0.25) is 0 Å². The molecule has 62 valence electrons. The van der Waals surface area contributed by atoms with Crippen LogP contribution in [-0.2, 0) is 0 Å². The molecule has 0 heterocycles. The van der Waals surface area contributed by atoms with E-state index in [0.717, 1.165) is 13.1 Å². The van der Waals surface area contributed by atoms with Gasteiger partial charge in [-0.2, -0.15) is 0 Å². The first-order chi connectivity index (χ1) is 4.83. The highest BCUT2D eigenvalue weighted by Crippen LogP contribution is 2.47. The molecule has 0 bridgehead atoms. The first-order valence-electron chi connectivity index (χ1n) is 4.14. The van der Waals surface area contributed by atoms with Crippen LogP contribution in [0.4, 0.5) is 0 Å². The SMILES string of the molecule is CCC1(CNCCO)CC1.[HH]. The molecule has 0 atom stereocenters. The van der Waals surface area contributed by atoms with Crippen LogP contribution in [0.25, 0.3) is 0 Å². The molecule has 1 rings (SSSR count). The number of rotatable bonds is 5. The highest BCUT2D eigenvalue weighted by atomic mass is 16.3. The molecule has 2 N–H and O–H groups in total. The normalized spacial score (nSPS) is 21.0. The minimum atomic E-state index is 0. The largest absolute Gasteiger partial charge is 0.395 e. The summed E-state index contributed by atoms with van der Waals surface area (Å²) >= 11 is 0. The lowest BCUT2D eigenvalue weighted by atomic mass is 10.0. The van der Waals surface area contributed by atoms with E-state index in [1.54, 1.807) is 0 Å². The lowest BCUT2D eigenvalue weighted by molar-refractivity contribution is 0.285. The third-order valence-electron chi connectivity index (χ3n) is 2.50. The third-order valence-corrected chi connectivity index (χ3v) is 2.50. The van der Waals surface area contributed by atoms with Gasteiger partial charge >= 0.3 is 0 Å². The van der Waals surface area contributed by atoms with Crippen LogP contribution >= 0.6 is 0 Å². The van der Waals surface area contributed by atoms with Crippen molar-refractivity contribution in [2.45, 2.75) is 26.2 Å². The van der Waals surface area contributed by atoms with E-state index in [9.17, 15) is 0 Å². The molecule has 0 radical (unpaired) electrons. The van der Waals surface area contributed by atoms with Crippen molar-refractivity contribution in [2.75, 3.05) is 19.7 Å². The van der Waals surface area contributed by atoms with Gasteiger partial charge in [-0.15, -0.1) is 0 Å². The van der Waals surface area contributed by atoms with Gasteiger partial charge in [0.1, 0.15) is 0 Å². The fourth-order valence-corrected chi connectivity index (χ4v) is 1.26. The molecule has 0 aromatic heterocycles. The van der Waals surface area contributed by atoms with Crippen LogP contribution in [0, 0.1) is 5.41 Å². The van der Waals surface area contributed by atoms with Gasteiger partial charge in [0.05, 0.1) is 6.61 Å². The Morgan fingerprint density at radius 3 is 2.70 bits per heavy atom. The maximum Gasteiger partial charge on any atom is 0.0555 e. The Balaban J connectivity index is 0.000001000. The Morgan fingerprint density at radius 2 is 2.30 bits per heavy atom. The van der Waals surface area contributed by atoms with Crippen LogP contribution in [0.3, 0.4) is 0 Å². The first kappa shape index (κ1) is 8.02. The highest BCUT2D eigenvalue weighted by molar-refractivity contribution is 4.93. The molecule has 1 aliphatic rings. The maximum atomic E-state index is 8.49. The number of hydrogen-bond donors (Lipinski definition) is 2. The van der Waals surface area contributed by atoms with E-state index < -0.39 is 0 Å². The fraction of sp³-hybridized carbons (Fsp3) is 1.00. The van der Waals surface area contributed by atoms with Crippen LogP contribution < -0.4 is 5.32 Å². The van der Waals surface area contributed by atoms with Crippen LogP contribution in [0.15, 0.2) is 0 Å². The smallest absolute Gasteiger partial charge is 0.0555 e. The maximum absolute atomic E-state index is 8.49. The van der Waals surface area contributed by atoms with Gasteiger partial charge in [0.25, 0.3) is 0 Å². The minimum absolute atomic E-state index is 0. The fourth-order valence-electron chi connectivity index (χ4n) is 1.26. The molecule has 0 unspecified atom stereocenters. The molecule has 1 fully saturated rings. The van der Waals surface area contributed by atoms with Gasteiger partial charge in [-0.25, -0.2) is 0 Å². The number of nitrogens with one attached hydrogen (secondary N) is 1. The minimum Gasteiger partial charge on any atom is -0.395 e. The van der Waals surface area contributed by atoms with Gasteiger partial charge in [-0.3, -0.25) is 0 Å². The number of aliphatic hydroxyl groups excluding tert-OH is 1. The van der Waals surface area contributed by atoms with Gasteiger partial charge in [-0.05, 0) is 24.7 Å². The zero-order valence-corrected chi connectivity index (χ0v) is 6.69. The molecule has 0 aliphatic heterocycles. The van der Waals surface area contributed by atoms with E-state index in [2.05, 4.69) is 12.2 Å². The summed E-state index contributed by atoms with van der Waals surface area (Å²) in [4.78, 5) is 0. The molecular weight excluding hydrogens is 126 g/mol. The van der Waals surface area contributed by atoms with Crippen molar-refractivity contribution in [3.8, 4) is 0 Å². The molecule has 2 nitrogen and oxygen atoms in total. The molecule has 10 heavy (non-hydrogen) atoms. The van der Waals surface area contributed by atoms with Crippen LogP contribution in [0.1, 0.15) is 27.6 Å². The summed E-state index contributed by atoms with van der Waals surface area (Å²) in [5.41, 5.74) is 0.620. The molecule has 0 spiro atoms. The van der Waals surface area contributed by atoms with Crippen LogP contribution in [0.5, 0.6) is 0 Å². The highest BCUT2D eigenvalue weighted by Gasteiger charge is 2.39. The quantitative estimate of drug-likeness (QED) is 0.566. The Bertz CT molecular complexity index is 104. The van der Waals surface area contributed by atoms with E-state index in [-0.39, 0.29) is 8.03 Å². The average molecular weight is 145 g/mol. The Kier molecular flexibility index (Phi) is 2.69. The standard InChI is InChI=1S/C8H17NO.H2/c1-2-8(3-4-8)7-9-5-6-10;/h9-10H,2-7H2,1H3;1H. The van der Waals surface area contributed by atoms with Crippen molar-refractivity contribution < 1.29 is 6.53 Å². The predicted octanol–water partition coefficient (Wildman–Crippen LogP) is 1.00. The molecule has 2 heteroatoms. The summed E-state index contributed by atoms with van der Waals surface area (Å²) in [6.45, 7) is 4.36. The molecule has 1 aliphatic carbocycles. The summed E-state index contributed by atoms with van der Waals surface area (Å²) in [6, 6.07) is 0. The summed E-state index contributed by atoms with van der Waals surface area (Å²) < 4.78 is 0. The second kappa shape index (κ2) is 3.35. The van der Waals surface area contributed by atoms with Gasteiger partial charge < -0.3 is 10.4 Å². The predicted molar refractivity (Wildman–Crippen MR) is 44.0 cm³/mol. The van der Waals surface area contributed by atoms with Gasteiger partial charge in [0, 0.05) is 14.5 Å². The van der Waals surface area contributed by atoms with E-state index in [4.69, 9.17) is 5.11 Å². The summed E-state index contributed by atoms with van der Waals surface area (Å²) in [5.74, 6) is 0. The van der Waals surface area contributed by atoms with E-state index in [1.807, 2.05) is 0 Å². The molecule has 0 saturated heterocycles. The number of hydrogen-bond acceptors (Lipinski definition) is 2. The summed E-state index contributed by atoms with van der Waals surface area (Å²) in [7, 11) is 0. The van der Waals surface area contributed by atoms with Crippen molar-refractivity contribution in [3.05, 3.63) is 0 Å². The third kappa shape index (κ3) is 1.96. The molecule has 1 saturated carbocycles. The van der Waals surface area contributed by atoms with E-state index in [1.165, 1.54) is 19.3 Å². The lowest BCUT2D eigenvalue weighted by Gasteiger charge is -2.11. The topological polar surface area (TPSA) is 32.3 Å². The first-order valence-corrected chi connectivity index (χ1v) is 4.14. The zero-order valence-electron chi connectivity index (χ0n) is 6.69. The Hall–Kier alpha value is -0.0800. The van der Waals surface area contributed by atoms with E-state index >= 15 is 0 Å². The van der Waals surface area contributed by atoms with Crippen molar-refractivity contribution >= 4 is 0 Å². The molecule has 0 aromatic carbocycles. The van der Waals surface area contributed by atoms with Crippen molar-refractivity contribution in [1.82, 2.24) is 5.32 Å². The van der Waals surface area contributed by atoms with Gasteiger partial charge in [0.2, 0.25) is 0 Å². The number of aliphatic hydroxyl groups is 1. The van der Waals surface area contributed by atoms with Gasteiger partial charge in [-0.1, -0.05) is 6.92 Å². The second-order valence-corrected chi connectivity index (χ2v) is 3.25. The Morgan fingerprint density at radius 1 is 1.60 bits per heavy atom. The lowest BCUT2D eigenvalue weighted by Crippen LogP contribution is -2.26. The van der Waals surface area contributed by atoms with E-state index in [0.29, 0.717) is 5.41 Å². The Labute approximate surface area is 64.1 Å². The molecule has 0 amide bonds. The van der Waals surface area contributed by atoms with Crippen molar-refractivity contribution in [1.29, 1.82) is 0 Å². The zero-order chi connectivity index (χ0) is 7.45. The van der Waals surface area contributed by atoms with Gasteiger partial charge in [0.15, 0.2) is 0 Å². The van der Waals surface area contributed by atoms with Crippen molar-refractivity contribution in [2.24, 2.45) is 5.41 Å². The second-order valence-electron chi connectivity index (χ2n) is 3.25. The van der Waals surface area contributed by atoms with Crippen LogP contribution in [-0.4, -0.2) is 24.8 Å². The van der Waals surface area contributed by atoms with Crippen molar-refractivity contribution in [3.63, 3.8) is 0 Å². The monoisotopic (exact) mass is 145 g/mol. The summed E-state index contributed by atoms with van der Waals surface area (Å²) in [5, 5.41) is 11.7. The summed E-state index contributed by atoms with van der Waals surface area (Å²) in [6.07, 6.45) is 4.04. The molecular formula is C8H19NO. The molecule has 0 aromatic rings.